The predicted octanol–water partition coefficient (Wildman–Crippen LogP) is 1.54. The Hall–Kier alpha value is 0.230. The molecule has 3 aliphatic rings. The van der Waals surface area contributed by atoms with E-state index in [-0.39, 0.29) is 23.1 Å². The van der Waals surface area contributed by atoms with Crippen LogP contribution in [0.5, 0.6) is 0 Å². The molecule has 1 aliphatic carbocycles. The molecule has 0 bridgehead atoms. The van der Waals surface area contributed by atoms with Crippen LogP contribution < -0.4 is 0 Å². The molecule has 2 aliphatic heterocycles. The largest absolute Gasteiger partial charge is 0.392 e. The Bertz CT molecular complexity index is 281. The molecule has 15 heavy (non-hydrogen) atoms. The first-order valence-corrected chi connectivity index (χ1v) is 6.70. The Kier molecular flexibility index (Phi) is 2.16. The van der Waals surface area contributed by atoms with Crippen molar-refractivity contribution in [1.82, 2.24) is 0 Å². The van der Waals surface area contributed by atoms with Crippen molar-refractivity contribution in [2.75, 3.05) is 5.75 Å². The monoisotopic (exact) mass is 230 g/mol. The van der Waals surface area contributed by atoms with Gasteiger partial charge in [0.1, 0.15) is 6.10 Å². The van der Waals surface area contributed by atoms with E-state index < -0.39 is 5.79 Å². The zero-order valence-corrected chi connectivity index (χ0v) is 10.0. The van der Waals surface area contributed by atoms with E-state index in [0.29, 0.717) is 0 Å². The summed E-state index contributed by atoms with van der Waals surface area (Å²) < 4.78 is 11.8. The van der Waals surface area contributed by atoms with Gasteiger partial charge >= 0.3 is 0 Å². The number of thioether (sulfide) groups is 1. The van der Waals surface area contributed by atoms with E-state index in [9.17, 15) is 5.11 Å². The molecule has 1 saturated carbocycles. The predicted molar refractivity (Wildman–Crippen MR) is 58.9 cm³/mol. The van der Waals surface area contributed by atoms with Gasteiger partial charge in [-0.25, -0.2) is 0 Å². The molecule has 0 aromatic rings. The number of ether oxygens (including phenoxy) is 2. The molecule has 2 unspecified atom stereocenters. The second-order valence-corrected chi connectivity index (χ2v) is 6.65. The summed E-state index contributed by atoms with van der Waals surface area (Å²) in [4.78, 5) is 0. The van der Waals surface area contributed by atoms with Crippen LogP contribution in [-0.2, 0) is 9.47 Å². The molecule has 86 valence electrons. The summed E-state index contributed by atoms with van der Waals surface area (Å²) in [6.07, 6.45) is 3.16. The molecule has 1 spiro atoms. The van der Waals surface area contributed by atoms with Crippen molar-refractivity contribution in [1.29, 1.82) is 0 Å². The first-order valence-electron chi connectivity index (χ1n) is 5.71. The molecule has 3 nitrogen and oxygen atoms in total. The van der Waals surface area contributed by atoms with Gasteiger partial charge in [-0.15, -0.1) is 11.8 Å². The third kappa shape index (κ3) is 1.38. The molecule has 0 aromatic heterocycles. The average Bonchev–Trinajstić information content (AvgIpc) is 2.72. The zero-order chi connectivity index (χ0) is 10.7. The van der Waals surface area contributed by atoms with E-state index in [2.05, 4.69) is 0 Å². The lowest BCUT2D eigenvalue weighted by Gasteiger charge is -2.33. The summed E-state index contributed by atoms with van der Waals surface area (Å²) in [6, 6.07) is 0. The number of fused-ring (bicyclic) bond motifs is 2. The van der Waals surface area contributed by atoms with Crippen molar-refractivity contribution in [3.8, 4) is 0 Å². The summed E-state index contributed by atoms with van der Waals surface area (Å²) in [5, 5.41) is 10.1. The summed E-state index contributed by atoms with van der Waals surface area (Å²) in [5.41, 5.74) is 0. The number of rotatable bonds is 0. The van der Waals surface area contributed by atoms with Gasteiger partial charge in [0.05, 0.1) is 17.0 Å². The lowest BCUT2D eigenvalue weighted by Crippen LogP contribution is -2.45. The molecule has 0 radical (unpaired) electrons. The highest BCUT2D eigenvalue weighted by Crippen LogP contribution is 2.55. The number of aliphatic hydroxyl groups is 1. The van der Waals surface area contributed by atoms with E-state index in [4.69, 9.17) is 9.47 Å². The minimum Gasteiger partial charge on any atom is -0.392 e. The standard InChI is InChI=1S/C11H18O3S/c1-10(2)13-7-6-15-11(9(7)14-10)5-3-4-8(11)12/h7-9,12H,3-6H2,1-2H3/t7-,8+,9?,11?/m1/s1. The van der Waals surface area contributed by atoms with Crippen LogP contribution in [0.1, 0.15) is 33.1 Å². The lowest BCUT2D eigenvalue weighted by molar-refractivity contribution is -0.150. The third-order valence-electron chi connectivity index (χ3n) is 3.79. The van der Waals surface area contributed by atoms with Crippen molar-refractivity contribution in [2.45, 2.75) is 62.0 Å². The first-order chi connectivity index (χ1) is 7.04. The van der Waals surface area contributed by atoms with Gasteiger partial charge in [0.25, 0.3) is 0 Å². The molecule has 0 aromatic carbocycles. The van der Waals surface area contributed by atoms with Crippen LogP contribution in [0, 0.1) is 0 Å². The molecule has 3 fully saturated rings. The summed E-state index contributed by atoms with van der Waals surface area (Å²) in [7, 11) is 0. The smallest absolute Gasteiger partial charge is 0.163 e. The SMILES string of the molecule is CC1(C)OC2[C@@H](CSC23CCC[C@@H]3O)O1. The highest BCUT2D eigenvalue weighted by Gasteiger charge is 2.61. The van der Waals surface area contributed by atoms with E-state index in [0.717, 1.165) is 25.0 Å². The Labute approximate surface area is 94.5 Å². The molecular weight excluding hydrogens is 212 g/mol. The van der Waals surface area contributed by atoms with Crippen LogP contribution >= 0.6 is 11.8 Å². The van der Waals surface area contributed by atoms with Crippen LogP contribution in [0.25, 0.3) is 0 Å². The van der Waals surface area contributed by atoms with Crippen molar-refractivity contribution in [2.24, 2.45) is 0 Å². The fraction of sp³-hybridized carbons (Fsp3) is 1.00. The van der Waals surface area contributed by atoms with Crippen LogP contribution in [0.3, 0.4) is 0 Å². The minimum atomic E-state index is -0.467. The summed E-state index contributed by atoms with van der Waals surface area (Å²) in [5.74, 6) is 0.497. The fourth-order valence-corrected chi connectivity index (χ4v) is 4.85. The Morgan fingerprint density at radius 3 is 2.80 bits per heavy atom. The van der Waals surface area contributed by atoms with Gasteiger partial charge in [-0.3, -0.25) is 0 Å². The molecule has 2 heterocycles. The third-order valence-corrected chi connectivity index (χ3v) is 5.53. The maximum absolute atomic E-state index is 10.1. The molecule has 1 N–H and O–H groups in total. The van der Waals surface area contributed by atoms with E-state index in [1.165, 1.54) is 0 Å². The van der Waals surface area contributed by atoms with Gasteiger partial charge in [-0.05, 0) is 33.1 Å². The van der Waals surface area contributed by atoms with E-state index in [1.807, 2.05) is 25.6 Å². The maximum Gasteiger partial charge on any atom is 0.163 e. The van der Waals surface area contributed by atoms with Crippen molar-refractivity contribution in [3.05, 3.63) is 0 Å². The minimum absolute atomic E-state index is 0.0710. The van der Waals surface area contributed by atoms with Crippen molar-refractivity contribution in [3.63, 3.8) is 0 Å². The maximum atomic E-state index is 10.1. The Morgan fingerprint density at radius 1 is 1.33 bits per heavy atom. The second-order valence-electron chi connectivity index (χ2n) is 5.27. The van der Waals surface area contributed by atoms with Crippen LogP contribution in [0.2, 0.25) is 0 Å². The number of aliphatic hydroxyl groups excluding tert-OH is 1. The highest BCUT2D eigenvalue weighted by molar-refractivity contribution is 8.01. The van der Waals surface area contributed by atoms with Gasteiger partial charge in [-0.2, -0.15) is 0 Å². The molecule has 0 amide bonds. The quantitative estimate of drug-likeness (QED) is 0.685. The first kappa shape index (κ1) is 10.4. The van der Waals surface area contributed by atoms with Gasteiger partial charge in [0.15, 0.2) is 5.79 Å². The molecule has 4 heteroatoms. The van der Waals surface area contributed by atoms with E-state index in [1.54, 1.807) is 0 Å². The molecule has 4 atom stereocenters. The normalized spacial score (nSPS) is 52.6. The number of hydrogen-bond donors (Lipinski definition) is 1. The van der Waals surface area contributed by atoms with Gasteiger partial charge in [0.2, 0.25) is 0 Å². The zero-order valence-electron chi connectivity index (χ0n) is 9.23. The van der Waals surface area contributed by atoms with Crippen LogP contribution in [0.4, 0.5) is 0 Å². The van der Waals surface area contributed by atoms with E-state index >= 15 is 0 Å². The topological polar surface area (TPSA) is 38.7 Å². The highest BCUT2D eigenvalue weighted by atomic mass is 32.2. The molecule has 3 rings (SSSR count). The van der Waals surface area contributed by atoms with Crippen molar-refractivity contribution >= 4 is 11.8 Å². The average molecular weight is 230 g/mol. The van der Waals surface area contributed by atoms with Crippen molar-refractivity contribution < 1.29 is 14.6 Å². The molecular formula is C11H18O3S. The second kappa shape index (κ2) is 3.13. The molecule has 2 saturated heterocycles. The fourth-order valence-electron chi connectivity index (χ4n) is 3.17. The Balaban J connectivity index is 1.88. The van der Waals surface area contributed by atoms with Gasteiger partial charge < -0.3 is 14.6 Å². The lowest BCUT2D eigenvalue weighted by atomic mass is 9.94. The van der Waals surface area contributed by atoms with Gasteiger partial charge in [-0.1, -0.05) is 0 Å². The summed E-state index contributed by atoms with van der Waals surface area (Å²) >= 11 is 1.85. The van der Waals surface area contributed by atoms with Crippen LogP contribution in [0.15, 0.2) is 0 Å². The number of hydrogen-bond acceptors (Lipinski definition) is 4. The van der Waals surface area contributed by atoms with Gasteiger partial charge in [0, 0.05) is 5.75 Å². The summed E-state index contributed by atoms with van der Waals surface area (Å²) in [6.45, 7) is 3.93. The van der Waals surface area contributed by atoms with Crippen LogP contribution in [-0.4, -0.2) is 39.7 Å². The Morgan fingerprint density at radius 2 is 2.13 bits per heavy atom.